The van der Waals surface area contributed by atoms with Crippen molar-refractivity contribution >= 4 is 77.9 Å². The molecule has 0 spiro atoms. The number of hydrogen-bond donors (Lipinski definition) is 0. The van der Waals surface area contributed by atoms with Crippen LogP contribution in [0, 0.1) is 0 Å². The molecular weight excluding hydrogens is 851 g/mol. The Morgan fingerprint density at radius 1 is 0.243 bits per heavy atom. The molecule has 0 aliphatic heterocycles. The van der Waals surface area contributed by atoms with E-state index < -0.39 is 0 Å². The van der Waals surface area contributed by atoms with Gasteiger partial charge >= 0.3 is 0 Å². The zero-order valence-electron chi connectivity index (χ0n) is 38.2. The van der Waals surface area contributed by atoms with Crippen molar-refractivity contribution in [2.75, 3.05) is 9.80 Å². The lowest BCUT2D eigenvalue weighted by Gasteiger charge is -2.26. The van der Waals surface area contributed by atoms with Crippen LogP contribution in [0.3, 0.4) is 0 Å². The first kappa shape index (κ1) is 40.9. The summed E-state index contributed by atoms with van der Waals surface area (Å²) in [5.41, 5.74) is 18.9. The van der Waals surface area contributed by atoms with Crippen LogP contribution in [0.4, 0.5) is 34.1 Å². The molecule has 4 nitrogen and oxygen atoms in total. The molecule has 0 aliphatic rings. The molecule has 0 saturated carbocycles. The van der Waals surface area contributed by atoms with E-state index in [0.717, 1.165) is 78.4 Å². The fraction of sp³-hybridized carbons (Fsp3) is 0. The lowest BCUT2D eigenvalue weighted by atomic mass is 9.99. The predicted octanol–water partition coefficient (Wildman–Crippen LogP) is 18.6. The zero-order valence-corrected chi connectivity index (χ0v) is 38.2. The molecule has 0 radical (unpaired) electrons. The molecule has 0 saturated heterocycles. The highest BCUT2D eigenvalue weighted by atomic mass is 16.3. The molecule has 330 valence electrons. The van der Waals surface area contributed by atoms with Crippen LogP contribution in [0.25, 0.3) is 82.8 Å². The lowest BCUT2D eigenvalue weighted by molar-refractivity contribution is 0.669. The van der Waals surface area contributed by atoms with Gasteiger partial charge in [0.2, 0.25) is 0 Å². The number of rotatable bonds is 10. The fourth-order valence-corrected chi connectivity index (χ4v) is 10.2. The molecule has 70 heavy (non-hydrogen) atoms. The van der Waals surface area contributed by atoms with E-state index in [0.29, 0.717) is 0 Å². The summed E-state index contributed by atoms with van der Waals surface area (Å²) in [5.74, 6) is 0. The van der Waals surface area contributed by atoms with E-state index >= 15 is 0 Å². The maximum atomic E-state index is 6.16. The minimum Gasteiger partial charge on any atom is -0.456 e. The van der Waals surface area contributed by atoms with Gasteiger partial charge in [-0.25, -0.2) is 0 Å². The van der Waals surface area contributed by atoms with Crippen LogP contribution < -0.4 is 9.80 Å². The summed E-state index contributed by atoms with van der Waals surface area (Å²) in [4.78, 5) is 4.66. The maximum Gasteiger partial charge on any atom is 0.135 e. The van der Waals surface area contributed by atoms with E-state index in [4.69, 9.17) is 4.42 Å². The lowest BCUT2D eigenvalue weighted by Crippen LogP contribution is -2.10. The maximum absolute atomic E-state index is 6.16. The van der Waals surface area contributed by atoms with E-state index in [1.54, 1.807) is 0 Å². The highest BCUT2D eigenvalue weighted by Crippen LogP contribution is 2.42. The smallest absolute Gasteiger partial charge is 0.135 e. The van der Waals surface area contributed by atoms with Crippen LogP contribution in [0.2, 0.25) is 0 Å². The number of benzene rings is 11. The van der Waals surface area contributed by atoms with Crippen LogP contribution in [-0.2, 0) is 0 Å². The Labute approximate surface area is 406 Å². The summed E-state index contributed by atoms with van der Waals surface area (Å²) in [5, 5.41) is 4.68. The van der Waals surface area contributed by atoms with Gasteiger partial charge in [-0.2, -0.15) is 0 Å². The van der Waals surface area contributed by atoms with Gasteiger partial charge in [-0.3, -0.25) is 0 Å². The van der Waals surface area contributed by atoms with Gasteiger partial charge in [-0.15, -0.1) is 0 Å². The van der Waals surface area contributed by atoms with Gasteiger partial charge in [0, 0.05) is 61.4 Å². The van der Waals surface area contributed by atoms with Crippen LogP contribution in [0.15, 0.2) is 277 Å². The van der Waals surface area contributed by atoms with Crippen LogP contribution in [0.1, 0.15) is 0 Å². The second kappa shape index (κ2) is 17.4. The van der Waals surface area contributed by atoms with Crippen molar-refractivity contribution in [3.63, 3.8) is 0 Å². The van der Waals surface area contributed by atoms with Gasteiger partial charge < -0.3 is 18.8 Å². The summed E-state index contributed by atoms with van der Waals surface area (Å²) in [6, 6.07) is 97.8. The molecule has 0 N–H and O–H groups in total. The Morgan fingerprint density at radius 2 is 0.629 bits per heavy atom. The molecule has 0 unspecified atom stereocenters. The Morgan fingerprint density at radius 3 is 1.20 bits per heavy atom. The second-order valence-corrected chi connectivity index (χ2v) is 17.8. The molecule has 13 rings (SSSR count). The molecule has 0 fully saturated rings. The molecular formula is C66H45N3O. The number of fused-ring (bicyclic) bond motifs is 6. The molecule has 0 amide bonds. The summed E-state index contributed by atoms with van der Waals surface area (Å²) < 4.78 is 8.53. The highest BCUT2D eigenvalue weighted by Gasteiger charge is 2.19. The Balaban J connectivity index is 0.839. The third kappa shape index (κ3) is 7.36. The van der Waals surface area contributed by atoms with Gasteiger partial charge in [0.25, 0.3) is 0 Å². The molecule has 2 heterocycles. The minimum atomic E-state index is 0.900. The summed E-state index contributed by atoms with van der Waals surface area (Å²) in [6.45, 7) is 0. The second-order valence-electron chi connectivity index (χ2n) is 17.8. The molecule has 2 aromatic heterocycles. The third-order valence-electron chi connectivity index (χ3n) is 13.6. The van der Waals surface area contributed by atoms with Gasteiger partial charge in [0.1, 0.15) is 11.2 Å². The largest absolute Gasteiger partial charge is 0.456 e. The molecule has 0 atom stereocenters. The average Bonchev–Trinajstić information content (AvgIpc) is 3.98. The van der Waals surface area contributed by atoms with E-state index in [-0.39, 0.29) is 0 Å². The fourth-order valence-electron chi connectivity index (χ4n) is 10.2. The van der Waals surface area contributed by atoms with Crippen LogP contribution >= 0.6 is 0 Å². The highest BCUT2D eigenvalue weighted by molar-refractivity contribution is 6.11. The number of para-hydroxylation sites is 5. The summed E-state index contributed by atoms with van der Waals surface area (Å²) in [7, 11) is 0. The number of anilines is 6. The minimum absolute atomic E-state index is 0.900. The first-order valence-corrected chi connectivity index (χ1v) is 23.8. The standard InChI is InChI=1S/C66H45N3O/c1-4-14-52(15-5-1)67(53-16-6-2-7-17-53)55-35-28-48(29-36-55)46-24-26-47(27-25-46)49-30-37-56(38-31-49)68(57-39-32-50(33-40-57)51-34-43-66-62(44-51)60-21-11-13-23-65(60)70-66)58-41-42-64-61(45-58)59-20-10-12-22-63(59)69(64)54-18-8-3-9-19-54/h1-45H. The van der Waals surface area contributed by atoms with Gasteiger partial charge in [-0.05, 0) is 149 Å². The molecule has 13 aromatic rings. The van der Waals surface area contributed by atoms with Crippen molar-refractivity contribution < 1.29 is 4.42 Å². The first-order valence-electron chi connectivity index (χ1n) is 23.8. The van der Waals surface area contributed by atoms with E-state index in [1.165, 1.54) is 38.5 Å². The SMILES string of the molecule is c1ccc(N(c2ccccc2)c2ccc(-c3ccc(-c4ccc(N(c5ccc(-c6ccc7oc8ccccc8c7c6)cc5)c5ccc6c(c5)c5ccccc5n6-c5ccccc5)cc4)cc3)cc2)cc1. The van der Waals surface area contributed by atoms with Crippen molar-refractivity contribution in [3.05, 3.63) is 273 Å². The number of aromatic nitrogens is 1. The zero-order chi connectivity index (χ0) is 46.4. The van der Waals surface area contributed by atoms with Gasteiger partial charge in [0.15, 0.2) is 0 Å². The van der Waals surface area contributed by atoms with Crippen LogP contribution in [-0.4, -0.2) is 4.57 Å². The van der Waals surface area contributed by atoms with Crippen molar-refractivity contribution in [1.29, 1.82) is 0 Å². The summed E-state index contributed by atoms with van der Waals surface area (Å²) >= 11 is 0. The topological polar surface area (TPSA) is 24.6 Å². The molecule has 0 bridgehead atoms. The van der Waals surface area contributed by atoms with Crippen molar-refractivity contribution in [2.24, 2.45) is 0 Å². The Bertz CT molecular complexity index is 3910. The third-order valence-corrected chi connectivity index (χ3v) is 13.6. The number of furan rings is 1. The quantitative estimate of drug-likeness (QED) is 0.137. The average molecular weight is 896 g/mol. The van der Waals surface area contributed by atoms with Gasteiger partial charge in [0.05, 0.1) is 11.0 Å². The molecule has 4 heteroatoms. The normalized spacial score (nSPS) is 11.4. The first-order chi connectivity index (χ1) is 34.7. The van der Waals surface area contributed by atoms with Crippen molar-refractivity contribution in [1.82, 2.24) is 4.57 Å². The molecule has 0 aliphatic carbocycles. The van der Waals surface area contributed by atoms with E-state index in [1.807, 2.05) is 12.1 Å². The summed E-state index contributed by atoms with van der Waals surface area (Å²) in [6.07, 6.45) is 0. The van der Waals surface area contributed by atoms with Gasteiger partial charge in [-0.1, -0.05) is 158 Å². The van der Waals surface area contributed by atoms with E-state index in [9.17, 15) is 0 Å². The number of nitrogens with zero attached hydrogens (tertiary/aromatic N) is 3. The van der Waals surface area contributed by atoms with Crippen molar-refractivity contribution in [2.45, 2.75) is 0 Å². The monoisotopic (exact) mass is 895 g/mol. The molecule has 11 aromatic carbocycles. The Hall–Kier alpha value is -9.38. The van der Waals surface area contributed by atoms with E-state index in [2.05, 4.69) is 275 Å². The Kier molecular flexibility index (Phi) is 10.1. The van der Waals surface area contributed by atoms with Crippen molar-refractivity contribution in [3.8, 4) is 39.1 Å². The predicted molar refractivity (Wildman–Crippen MR) is 294 cm³/mol. The number of hydrogen-bond acceptors (Lipinski definition) is 3. The van der Waals surface area contributed by atoms with Crippen LogP contribution in [0.5, 0.6) is 0 Å².